The molecule has 0 bridgehead atoms. The number of methoxy groups -OCH3 is 1. The number of Topliss-reactive ketones (excluding diaryl/α,β-unsaturated/α-hetero) is 1. The molecule has 0 saturated heterocycles. The number of rotatable bonds is 6. The van der Waals surface area contributed by atoms with Crippen LogP contribution in [0.15, 0.2) is 24.3 Å². The third-order valence-electron chi connectivity index (χ3n) is 2.12. The van der Waals surface area contributed by atoms with Crippen molar-refractivity contribution in [1.82, 2.24) is 0 Å². The zero-order chi connectivity index (χ0) is 14.3. The van der Waals surface area contributed by atoms with Crippen LogP contribution in [0.5, 0.6) is 0 Å². The summed E-state index contributed by atoms with van der Waals surface area (Å²) in [5.41, 5.74) is 1.06. The molecule has 0 saturated carbocycles. The van der Waals surface area contributed by atoms with E-state index in [0.717, 1.165) is 0 Å². The molecule has 0 aliphatic heterocycles. The maximum Gasteiger partial charge on any atom is 0.250 e. The summed E-state index contributed by atoms with van der Waals surface area (Å²) in [5, 5.41) is 5.19. The Morgan fingerprint density at radius 3 is 2.21 bits per heavy atom. The predicted molar refractivity (Wildman–Crippen MR) is 70.9 cm³/mol. The van der Waals surface area contributed by atoms with Crippen LogP contribution in [0.4, 0.5) is 11.4 Å². The number of carbonyl (C=O) groups excluding carboxylic acids is 3. The first-order chi connectivity index (χ1) is 9.01. The van der Waals surface area contributed by atoms with Crippen LogP contribution in [0.2, 0.25) is 0 Å². The molecule has 1 aromatic carbocycles. The lowest BCUT2D eigenvalue weighted by Crippen LogP contribution is -2.18. The van der Waals surface area contributed by atoms with Crippen LogP contribution >= 0.6 is 0 Å². The van der Waals surface area contributed by atoms with Crippen molar-refractivity contribution in [2.45, 2.75) is 13.3 Å². The van der Waals surface area contributed by atoms with Gasteiger partial charge in [0.1, 0.15) is 12.4 Å². The Hall–Kier alpha value is -2.21. The monoisotopic (exact) mass is 264 g/mol. The van der Waals surface area contributed by atoms with E-state index in [-0.39, 0.29) is 30.6 Å². The first kappa shape index (κ1) is 14.8. The second-order valence-electron chi connectivity index (χ2n) is 3.99. The molecule has 6 heteroatoms. The summed E-state index contributed by atoms with van der Waals surface area (Å²) in [6, 6.07) is 6.65. The summed E-state index contributed by atoms with van der Waals surface area (Å²) < 4.78 is 4.70. The number of ether oxygens (including phenoxy) is 1. The first-order valence-electron chi connectivity index (χ1n) is 5.69. The fourth-order valence-corrected chi connectivity index (χ4v) is 1.43. The Kier molecular flexibility index (Phi) is 5.69. The van der Waals surface area contributed by atoms with Crippen LogP contribution in [0.25, 0.3) is 0 Å². The molecule has 0 aliphatic carbocycles. The van der Waals surface area contributed by atoms with Crippen molar-refractivity contribution in [2.24, 2.45) is 0 Å². The van der Waals surface area contributed by atoms with Crippen molar-refractivity contribution in [3.8, 4) is 0 Å². The topological polar surface area (TPSA) is 84.5 Å². The van der Waals surface area contributed by atoms with Gasteiger partial charge < -0.3 is 15.4 Å². The summed E-state index contributed by atoms with van der Waals surface area (Å²) in [6.07, 6.45) is -0.166. The summed E-state index contributed by atoms with van der Waals surface area (Å²) >= 11 is 0. The molecule has 6 nitrogen and oxygen atoms in total. The van der Waals surface area contributed by atoms with Gasteiger partial charge in [0.2, 0.25) is 11.8 Å². The van der Waals surface area contributed by atoms with Crippen LogP contribution in [0.1, 0.15) is 13.3 Å². The van der Waals surface area contributed by atoms with Crippen molar-refractivity contribution in [3.05, 3.63) is 24.3 Å². The van der Waals surface area contributed by atoms with Gasteiger partial charge >= 0.3 is 0 Å². The van der Waals surface area contributed by atoms with Gasteiger partial charge in [-0.05, 0) is 25.1 Å². The third-order valence-corrected chi connectivity index (χ3v) is 2.12. The average Bonchev–Trinajstić information content (AvgIpc) is 2.28. The van der Waals surface area contributed by atoms with E-state index in [4.69, 9.17) is 4.74 Å². The lowest BCUT2D eigenvalue weighted by Gasteiger charge is -2.08. The third kappa shape index (κ3) is 5.78. The van der Waals surface area contributed by atoms with Gasteiger partial charge in [-0.3, -0.25) is 14.4 Å². The van der Waals surface area contributed by atoms with Gasteiger partial charge in [-0.1, -0.05) is 6.07 Å². The van der Waals surface area contributed by atoms with Gasteiger partial charge in [0.15, 0.2) is 0 Å². The number of benzene rings is 1. The van der Waals surface area contributed by atoms with Crippen LogP contribution in [0, 0.1) is 0 Å². The van der Waals surface area contributed by atoms with Gasteiger partial charge in [0, 0.05) is 18.5 Å². The van der Waals surface area contributed by atoms with E-state index in [9.17, 15) is 14.4 Å². The molecule has 1 rings (SSSR count). The largest absolute Gasteiger partial charge is 0.375 e. The second kappa shape index (κ2) is 7.27. The van der Waals surface area contributed by atoms with Crippen molar-refractivity contribution < 1.29 is 19.1 Å². The number of anilines is 2. The number of carbonyl (C=O) groups is 3. The van der Waals surface area contributed by atoms with Crippen molar-refractivity contribution in [1.29, 1.82) is 0 Å². The van der Waals surface area contributed by atoms with Gasteiger partial charge in [0.25, 0.3) is 0 Å². The Morgan fingerprint density at radius 2 is 1.68 bits per heavy atom. The van der Waals surface area contributed by atoms with E-state index in [0.29, 0.717) is 11.4 Å². The smallest absolute Gasteiger partial charge is 0.250 e. The molecule has 102 valence electrons. The fourth-order valence-electron chi connectivity index (χ4n) is 1.43. The van der Waals surface area contributed by atoms with Gasteiger partial charge in [0.05, 0.1) is 6.42 Å². The quantitative estimate of drug-likeness (QED) is 0.756. The lowest BCUT2D eigenvalue weighted by atomic mass is 10.2. The Labute approximate surface area is 111 Å². The van der Waals surface area contributed by atoms with Crippen molar-refractivity contribution in [2.75, 3.05) is 24.4 Å². The van der Waals surface area contributed by atoms with Crippen molar-refractivity contribution in [3.63, 3.8) is 0 Å². The second-order valence-corrected chi connectivity index (χ2v) is 3.99. The minimum absolute atomic E-state index is 0.0408. The minimum atomic E-state index is -0.382. The molecule has 0 radical (unpaired) electrons. The molecule has 0 unspecified atom stereocenters. The summed E-state index contributed by atoms with van der Waals surface area (Å²) in [6.45, 7) is 1.31. The molecule has 0 aliphatic rings. The molecule has 2 N–H and O–H groups in total. The molecule has 1 aromatic rings. The highest BCUT2D eigenvalue weighted by molar-refractivity contribution is 6.03. The van der Waals surface area contributed by atoms with E-state index < -0.39 is 0 Å². The number of ketones is 1. The van der Waals surface area contributed by atoms with Gasteiger partial charge in [-0.25, -0.2) is 0 Å². The molecule has 0 heterocycles. The fraction of sp³-hybridized carbons (Fsp3) is 0.308. The highest BCUT2D eigenvalue weighted by Gasteiger charge is 2.06. The number of hydrogen-bond acceptors (Lipinski definition) is 4. The summed E-state index contributed by atoms with van der Waals surface area (Å²) in [7, 11) is 1.43. The summed E-state index contributed by atoms with van der Waals surface area (Å²) in [4.78, 5) is 33.5. The molecule has 0 spiro atoms. The van der Waals surface area contributed by atoms with E-state index in [1.165, 1.54) is 14.0 Å². The Bertz CT molecular complexity index is 485. The van der Waals surface area contributed by atoms with E-state index >= 15 is 0 Å². The zero-order valence-corrected chi connectivity index (χ0v) is 10.9. The summed E-state index contributed by atoms with van der Waals surface area (Å²) in [5.74, 6) is -0.871. The maximum atomic E-state index is 11.4. The molecule has 0 aromatic heterocycles. The normalized spacial score (nSPS) is 9.79. The van der Waals surface area contributed by atoms with Gasteiger partial charge in [-0.2, -0.15) is 0 Å². The number of hydrogen-bond donors (Lipinski definition) is 2. The first-order valence-corrected chi connectivity index (χ1v) is 5.69. The van der Waals surface area contributed by atoms with Crippen LogP contribution in [0.3, 0.4) is 0 Å². The highest BCUT2D eigenvalue weighted by Crippen LogP contribution is 2.15. The Balaban J connectivity index is 2.64. The molecule has 19 heavy (non-hydrogen) atoms. The molecule has 2 amide bonds. The van der Waals surface area contributed by atoms with Crippen LogP contribution in [-0.4, -0.2) is 31.3 Å². The van der Waals surface area contributed by atoms with Crippen molar-refractivity contribution >= 4 is 29.0 Å². The maximum absolute atomic E-state index is 11.4. The van der Waals surface area contributed by atoms with E-state index in [1.807, 2.05) is 0 Å². The minimum Gasteiger partial charge on any atom is -0.375 e. The SMILES string of the molecule is COCC(=O)Nc1cccc(NC(=O)CC(C)=O)c1. The lowest BCUT2D eigenvalue weighted by molar-refractivity contribution is -0.124. The Morgan fingerprint density at radius 1 is 1.11 bits per heavy atom. The predicted octanol–water partition coefficient (Wildman–Crippen LogP) is 1.19. The standard InChI is InChI=1S/C13H16N2O4/c1-9(16)6-12(17)14-10-4-3-5-11(7-10)15-13(18)8-19-2/h3-5,7H,6,8H2,1-2H3,(H,14,17)(H,15,18). The van der Waals surface area contributed by atoms with Crippen LogP contribution in [-0.2, 0) is 19.1 Å². The van der Waals surface area contributed by atoms with E-state index in [2.05, 4.69) is 10.6 Å². The highest BCUT2D eigenvalue weighted by atomic mass is 16.5. The number of amides is 2. The molecule has 0 atom stereocenters. The average molecular weight is 264 g/mol. The zero-order valence-electron chi connectivity index (χ0n) is 10.9. The molecule has 0 fully saturated rings. The molecular formula is C13H16N2O4. The molecular weight excluding hydrogens is 248 g/mol. The van der Waals surface area contributed by atoms with E-state index in [1.54, 1.807) is 24.3 Å². The number of nitrogens with one attached hydrogen (secondary N) is 2. The van der Waals surface area contributed by atoms with Gasteiger partial charge in [-0.15, -0.1) is 0 Å². The van der Waals surface area contributed by atoms with Crippen LogP contribution < -0.4 is 10.6 Å².